The van der Waals surface area contributed by atoms with Gasteiger partial charge in [0.2, 0.25) is 6.79 Å². The Morgan fingerprint density at radius 3 is 2.73 bits per heavy atom. The third-order valence-corrected chi connectivity index (χ3v) is 2.09. The molecule has 0 aromatic carbocycles. The smallest absolute Gasteiger partial charge is 0.340 e. The Bertz CT molecular complexity index is 213. The van der Waals surface area contributed by atoms with Gasteiger partial charge in [0.1, 0.15) is 5.76 Å². The largest absolute Gasteiger partial charge is 0.461 e. The van der Waals surface area contributed by atoms with Crippen molar-refractivity contribution in [3.8, 4) is 0 Å². The first kappa shape index (κ1) is 6.70. The molecule has 11 heavy (non-hydrogen) atoms. The highest BCUT2D eigenvalue weighted by Crippen LogP contribution is 2.28. The van der Waals surface area contributed by atoms with E-state index >= 15 is 0 Å². The van der Waals surface area contributed by atoms with E-state index in [4.69, 9.17) is 9.47 Å². The van der Waals surface area contributed by atoms with Crippen LogP contribution in [-0.2, 0) is 14.3 Å². The molecule has 0 saturated heterocycles. The molecular formula is C8H10O3. The van der Waals surface area contributed by atoms with Crippen LogP contribution in [0.4, 0.5) is 0 Å². The Kier molecular flexibility index (Phi) is 1.56. The number of hydrogen-bond donors (Lipinski definition) is 0. The van der Waals surface area contributed by atoms with Crippen LogP contribution in [-0.4, -0.2) is 12.8 Å². The van der Waals surface area contributed by atoms with Gasteiger partial charge in [-0.1, -0.05) is 0 Å². The van der Waals surface area contributed by atoms with Gasteiger partial charge in [-0.05, 0) is 19.3 Å². The summed E-state index contributed by atoms with van der Waals surface area (Å²) >= 11 is 0. The molecule has 1 aliphatic carbocycles. The summed E-state index contributed by atoms with van der Waals surface area (Å²) < 4.78 is 9.92. The fourth-order valence-corrected chi connectivity index (χ4v) is 1.49. The number of cyclic esters (lactones) is 1. The molecule has 0 fully saturated rings. The lowest BCUT2D eigenvalue weighted by Crippen LogP contribution is -2.21. The maximum atomic E-state index is 11.1. The maximum absolute atomic E-state index is 11.1. The van der Waals surface area contributed by atoms with Crippen LogP contribution in [0.25, 0.3) is 0 Å². The van der Waals surface area contributed by atoms with Crippen LogP contribution in [0.3, 0.4) is 0 Å². The minimum Gasteiger partial charge on any atom is -0.461 e. The van der Waals surface area contributed by atoms with Crippen LogP contribution in [0.5, 0.6) is 0 Å². The van der Waals surface area contributed by atoms with Crippen molar-refractivity contribution < 1.29 is 14.3 Å². The lowest BCUT2D eigenvalue weighted by Gasteiger charge is -2.23. The lowest BCUT2D eigenvalue weighted by molar-refractivity contribution is -0.154. The fraction of sp³-hybridized carbons (Fsp3) is 0.625. The number of carbonyl (C=O) groups excluding carboxylic acids is 1. The topological polar surface area (TPSA) is 35.5 Å². The molecule has 0 saturated carbocycles. The van der Waals surface area contributed by atoms with E-state index in [9.17, 15) is 4.79 Å². The second-order valence-electron chi connectivity index (χ2n) is 2.80. The van der Waals surface area contributed by atoms with Crippen LogP contribution in [0, 0.1) is 0 Å². The van der Waals surface area contributed by atoms with Crippen molar-refractivity contribution >= 4 is 5.97 Å². The zero-order valence-electron chi connectivity index (χ0n) is 6.26. The first-order valence-corrected chi connectivity index (χ1v) is 3.90. The van der Waals surface area contributed by atoms with Crippen LogP contribution in [0.15, 0.2) is 11.3 Å². The van der Waals surface area contributed by atoms with Crippen molar-refractivity contribution in [2.75, 3.05) is 6.79 Å². The SMILES string of the molecule is O=C1OCOC2=C1CCCC2. The molecule has 60 valence electrons. The van der Waals surface area contributed by atoms with Crippen molar-refractivity contribution in [2.45, 2.75) is 25.7 Å². The van der Waals surface area contributed by atoms with Crippen molar-refractivity contribution in [2.24, 2.45) is 0 Å². The summed E-state index contributed by atoms with van der Waals surface area (Å²) in [6, 6.07) is 0. The molecule has 0 N–H and O–H groups in total. The quantitative estimate of drug-likeness (QED) is 0.494. The minimum absolute atomic E-state index is 0.109. The number of rotatable bonds is 0. The summed E-state index contributed by atoms with van der Waals surface area (Å²) in [6.45, 7) is 0.109. The zero-order chi connectivity index (χ0) is 7.68. The standard InChI is InChI=1S/C8H10O3/c9-8-6-3-1-2-4-7(6)10-5-11-8/h1-5H2. The van der Waals surface area contributed by atoms with Gasteiger partial charge < -0.3 is 9.47 Å². The molecule has 0 radical (unpaired) electrons. The summed E-state index contributed by atoms with van der Waals surface area (Å²) in [7, 11) is 0. The van der Waals surface area contributed by atoms with Crippen molar-refractivity contribution in [3.05, 3.63) is 11.3 Å². The minimum atomic E-state index is -0.175. The summed E-state index contributed by atoms with van der Waals surface area (Å²) in [4.78, 5) is 11.1. The first-order valence-electron chi connectivity index (χ1n) is 3.90. The highest BCUT2D eigenvalue weighted by atomic mass is 16.7. The van der Waals surface area contributed by atoms with Gasteiger partial charge in [-0.25, -0.2) is 4.79 Å². The number of ether oxygens (including phenoxy) is 2. The molecule has 0 amide bonds. The van der Waals surface area contributed by atoms with E-state index in [-0.39, 0.29) is 12.8 Å². The summed E-state index contributed by atoms with van der Waals surface area (Å²) in [6.07, 6.45) is 3.95. The first-order chi connectivity index (χ1) is 5.38. The highest BCUT2D eigenvalue weighted by molar-refractivity contribution is 5.89. The molecule has 0 aromatic rings. The summed E-state index contributed by atoms with van der Waals surface area (Å²) in [5.74, 6) is 0.693. The van der Waals surface area contributed by atoms with E-state index in [1.165, 1.54) is 0 Å². The molecule has 1 heterocycles. The Balaban J connectivity index is 2.27. The average molecular weight is 154 g/mol. The van der Waals surface area contributed by atoms with E-state index in [1.54, 1.807) is 0 Å². The predicted octanol–water partition coefficient (Wildman–Crippen LogP) is 1.35. The summed E-state index contributed by atoms with van der Waals surface area (Å²) in [5.41, 5.74) is 0.766. The number of esters is 1. The normalized spacial score (nSPS) is 23.8. The van der Waals surface area contributed by atoms with Crippen LogP contribution in [0.2, 0.25) is 0 Å². The lowest BCUT2D eigenvalue weighted by atomic mass is 9.97. The Labute approximate surface area is 65.0 Å². The monoisotopic (exact) mass is 154 g/mol. The molecule has 0 atom stereocenters. The molecule has 0 spiro atoms. The van der Waals surface area contributed by atoms with Gasteiger partial charge in [0, 0.05) is 6.42 Å². The molecular weight excluding hydrogens is 144 g/mol. The van der Waals surface area contributed by atoms with Gasteiger partial charge in [0.05, 0.1) is 5.57 Å². The molecule has 1 aliphatic heterocycles. The maximum Gasteiger partial charge on any atom is 0.340 e. The average Bonchev–Trinajstić information content (AvgIpc) is 2.06. The van der Waals surface area contributed by atoms with Gasteiger partial charge in [-0.15, -0.1) is 0 Å². The van der Waals surface area contributed by atoms with Crippen molar-refractivity contribution in [3.63, 3.8) is 0 Å². The Morgan fingerprint density at radius 2 is 1.91 bits per heavy atom. The molecule has 2 aliphatic rings. The molecule has 0 bridgehead atoms. The van der Waals surface area contributed by atoms with Crippen LogP contribution >= 0.6 is 0 Å². The van der Waals surface area contributed by atoms with E-state index in [0.29, 0.717) is 0 Å². The van der Waals surface area contributed by atoms with Crippen LogP contribution in [0.1, 0.15) is 25.7 Å². The number of allylic oxidation sites excluding steroid dienone is 1. The molecule has 0 unspecified atom stereocenters. The molecule has 3 nitrogen and oxygen atoms in total. The summed E-state index contributed by atoms with van der Waals surface area (Å²) in [5, 5.41) is 0. The predicted molar refractivity (Wildman–Crippen MR) is 37.5 cm³/mol. The van der Waals surface area contributed by atoms with Crippen LogP contribution < -0.4 is 0 Å². The highest BCUT2D eigenvalue weighted by Gasteiger charge is 2.25. The van der Waals surface area contributed by atoms with E-state index < -0.39 is 0 Å². The second-order valence-corrected chi connectivity index (χ2v) is 2.80. The van der Waals surface area contributed by atoms with E-state index in [1.807, 2.05) is 0 Å². The Hall–Kier alpha value is -0.990. The van der Waals surface area contributed by atoms with Gasteiger partial charge in [0.25, 0.3) is 0 Å². The number of hydrogen-bond acceptors (Lipinski definition) is 3. The van der Waals surface area contributed by atoms with Crippen molar-refractivity contribution in [1.82, 2.24) is 0 Å². The Morgan fingerprint density at radius 1 is 1.09 bits per heavy atom. The third kappa shape index (κ3) is 1.11. The van der Waals surface area contributed by atoms with Gasteiger partial charge >= 0.3 is 5.97 Å². The third-order valence-electron chi connectivity index (χ3n) is 2.09. The van der Waals surface area contributed by atoms with Gasteiger partial charge in [0.15, 0.2) is 0 Å². The fourth-order valence-electron chi connectivity index (χ4n) is 1.49. The number of carbonyl (C=O) groups is 1. The second kappa shape index (κ2) is 2.57. The van der Waals surface area contributed by atoms with Crippen molar-refractivity contribution in [1.29, 1.82) is 0 Å². The van der Waals surface area contributed by atoms with E-state index in [0.717, 1.165) is 37.0 Å². The molecule has 2 rings (SSSR count). The molecule has 3 heteroatoms. The van der Waals surface area contributed by atoms with E-state index in [2.05, 4.69) is 0 Å². The van der Waals surface area contributed by atoms with Gasteiger partial charge in [-0.3, -0.25) is 0 Å². The van der Waals surface area contributed by atoms with Gasteiger partial charge in [-0.2, -0.15) is 0 Å². The zero-order valence-corrected chi connectivity index (χ0v) is 6.26. The molecule has 0 aromatic heterocycles.